The molecule has 1 N–H and O–H groups in total. The fourth-order valence-corrected chi connectivity index (χ4v) is 2.72. The Balaban J connectivity index is 2.28. The van der Waals surface area contributed by atoms with Crippen molar-refractivity contribution in [3.05, 3.63) is 18.2 Å². The van der Waals surface area contributed by atoms with Gasteiger partial charge in [0.25, 0.3) is 0 Å². The molecule has 0 saturated heterocycles. The Hall–Kier alpha value is -1.34. The van der Waals surface area contributed by atoms with Crippen LogP contribution in [0, 0.1) is 16.7 Å². The summed E-state index contributed by atoms with van der Waals surface area (Å²) in [6.07, 6.45) is 8.58. The molecular weight excluding hydrogens is 214 g/mol. The quantitative estimate of drug-likeness (QED) is 0.797. The topological polar surface area (TPSA) is 61.8 Å². The standard InChI is InChI=1S/C13H19N3O/c1-16-10-15-8-11(16)12(17)13(9-14)6-4-2-3-5-7-13/h8,10,12,17H,2-7H2,1H3. The number of aryl methyl sites for hydroxylation is 1. The van der Waals surface area contributed by atoms with Gasteiger partial charge in [0.1, 0.15) is 6.10 Å². The molecule has 0 bridgehead atoms. The highest BCUT2D eigenvalue weighted by Gasteiger charge is 2.40. The van der Waals surface area contributed by atoms with Crippen LogP contribution >= 0.6 is 0 Å². The SMILES string of the molecule is Cn1cncc1C(O)C1(C#N)CCCCCC1. The second-order valence-electron chi connectivity index (χ2n) is 5.01. The molecule has 1 aliphatic rings. The van der Waals surface area contributed by atoms with Gasteiger partial charge < -0.3 is 9.67 Å². The molecule has 1 fully saturated rings. The first-order valence-electron chi connectivity index (χ1n) is 6.25. The van der Waals surface area contributed by atoms with Gasteiger partial charge in [-0.2, -0.15) is 5.26 Å². The molecule has 0 aromatic carbocycles. The lowest BCUT2D eigenvalue weighted by atomic mass is 9.75. The number of nitrogens with zero attached hydrogens (tertiary/aromatic N) is 3. The molecule has 92 valence electrons. The van der Waals surface area contributed by atoms with E-state index in [-0.39, 0.29) is 0 Å². The van der Waals surface area contributed by atoms with E-state index < -0.39 is 11.5 Å². The Labute approximate surface area is 102 Å². The summed E-state index contributed by atoms with van der Waals surface area (Å²) >= 11 is 0. The number of aliphatic hydroxyl groups excluding tert-OH is 1. The smallest absolute Gasteiger partial charge is 0.114 e. The molecule has 1 unspecified atom stereocenters. The molecule has 1 atom stereocenters. The van der Waals surface area contributed by atoms with Gasteiger partial charge in [-0.05, 0) is 12.8 Å². The fraction of sp³-hybridized carbons (Fsp3) is 0.692. The van der Waals surface area contributed by atoms with Crippen molar-refractivity contribution in [2.75, 3.05) is 0 Å². The predicted octanol–water partition coefficient (Wildman–Crippen LogP) is 2.32. The van der Waals surface area contributed by atoms with E-state index >= 15 is 0 Å². The highest BCUT2D eigenvalue weighted by Crippen LogP contribution is 2.44. The molecule has 2 rings (SSSR count). The first kappa shape index (κ1) is 12.1. The van der Waals surface area contributed by atoms with E-state index in [4.69, 9.17) is 0 Å². The van der Waals surface area contributed by atoms with Crippen LogP contribution < -0.4 is 0 Å². The average Bonchev–Trinajstić information content (AvgIpc) is 2.64. The van der Waals surface area contributed by atoms with Crippen molar-refractivity contribution in [1.29, 1.82) is 5.26 Å². The van der Waals surface area contributed by atoms with Gasteiger partial charge in [0.15, 0.2) is 0 Å². The number of rotatable bonds is 2. The maximum Gasteiger partial charge on any atom is 0.114 e. The Kier molecular flexibility index (Phi) is 3.49. The van der Waals surface area contributed by atoms with Gasteiger partial charge >= 0.3 is 0 Å². The highest BCUT2D eigenvalue weighted by atomic mass is 16.3. The maximum atomic E-state index is 10.5. The van der Waals surface area contributed by atoms with Gasteiger partial charge in [0, 0.05) is 7.05 Å². The predicted molar refractivity (Wildman–Crippen MR) is 63.9 cm³/mol. The van der Waals surface area contributed by atoms with Crippen LogP contribution in [0.4, 0.5) is 0 Å². The molecule has 0 amide bonds. The lowest BCUT2D eigenvalue weighted by Gasteiger charge is -2.30. The molecule has 4 nitrogen and oxygen atoms in total. The Morgan fingerprint density at radius 1 is 1.41 bits per heavy atom. The zero-order valence-electron chi connectivity index (χ0n) is 10.3. The van der Waals surface area contributed by atoms with Crippen LogP contribution in [0.5, 0.6) is 0 Å². The summed E-state index contributed by atoms with van der Waals surface area (Å²) in [5, 5.41) is 20.0. The minimum atomic E-state index is -0.724. The summed E-state index contributed by atoms with van der Waals surface area (Å²) < 4.78 is 1.80. The molecule has 4 heteroatoms. The summed E-state index contributed by atoms with van der Waals surface area (Å²) in [5.41, 5.74) is 0.123. The van der Waals surface area contributed by atoms with Crippen LogP contribution in [0.1, 0.15) is 50.3 Å². The number of aliphatic hydroxyl groups is 1. The van der Waals surface area contributed by atoms with Gasteiger partial charge in [0.2, 0.25) is 0 Å². The van der Waals surface area contributed by atoms with E-state index in [9.17, 15) is 10.4 Å². The lowest BCUT2D eigenvalue weighted by Crippen LogP contribution is -2.28. The van der Waals surface area contributed by atoms with Crippen LogP contribution in [-0.4, -0.2) is 14.7 Å². The first-order valence-corrected chi connectivity index (χ1v) is 6.25. The van der Waals surface area contributed by atoms with E-state index in [1.54, 1.807) is 17.1 Å². The molecule has 1 aromatic rings. The second-order valence-corrected chi connectivity index (χ2v) is 5.01. The summed E-state index contributed by atoms with van der Waals surface area (Å²) in [6, 6.07) is 2.38. The summed E-state index contributed by atoms with van der Waals surface area (Å²) in [6.45, 7) is 0. The van der Waals surface area contributed by atoms with Gasteiger partial charge in [-0.3, -0.25) is 0 Å². The largest absolute Gasteiger partial charge is 0.385 e. The van der Waals surface area contributed by atoms with E-state index in [2.05, 4.69) is 11.1 Å². The molecule has 0 spiro atoms. The van der Waals surface area contributed by atoms with Crippen LogP contribution in [0.15, 0.2) is 12.5 Å². The third-order valence-electron chi connectivity index (χ3n) is 3.88. The normalized spacial score (nSPS) is 21.5. The van der Waals surface area contributed by atoms with E-state index in [0.717, 1.165) is 31.4 Å². The third kappa shape index (κ3) is 2.20. The minimum Gasteiger partial charge on any atom is -0.385 e. The van der Waals surface area contributed by atoms with Crippen molar-refractivity contribution in [1.82, 2.24) is 9.55 Å². The summed E-state index contributed by atoms with van der Waals surface area (Å²) in [5.74, 6) is 0. The second kappa shape index (κ2) is 4.89. The number of imidazole rings is 1. The molecule has 1 saturated carbocycles. The summed E-state index contributed by atoms with van der Waals surface area (Å²) in [7, 11) is 1.85. The molecule has 17 heavy (non-hydrogen) atoms. The highest BCUT2D eigenvalue weighted by molar-refractivity contribution is 5.14. The van der Waals surface area contributed by atoms with Crippen molar-refractivity contribution in [3.8, 4) is 6.07 Å². The molecule has 0 aliphatic heterocycles. The third-order valence-corrected chi connectivity index (χ3v) is 3.88. The zero-order chi connectivity index (χ0) is 12.3. The maximum absolute atomic E-state index is 10.5. The van der Waals surface area contributed by atoms with Crippen LogP contribution in [0.25, 0.3) is 0 Å². The van der Waals surface area contributed by atoms with E-state index in [1.807, 2.05) is 7.05 Å². The van der Waals surface area contributed by atoms with Gasteiger partial charge in [-0.15, -0.1) is 0 Å². The number of hydrogen-bond donors (Lipinski definition) is 1. The van der Waals surface area contributed by atoms with Crippen LogP contribution in [0.2, 0.25) is 0 Å². The summed E-state index contributed by atoms with van der Waals surface area (Å²) in [4.78, 5) is 4.02. The lowest BCUT2D eigenvalue weighted by molar-refractivity contribution is 0.0458. The number of nitriles is 1. The Morgan fingerprint density at radius 3 is 2.53 bits per heavy atom. The van der Waals surface area contributed by atoms with Crippen LogP contribution in [-0.2, 0) is 7.05 Å². The Morgan fingerprint density at radius 2 is 2.06 bits per heavy atom. The van der Waals surface area contributed by atoms with Crippen molar-refractivity contribution in [3.63, 3.8) is 0 Å². The van der Waals surface area contributed by atoms with Crippen LogP contribution in [0.3, 0.4) is 0 Å². The van der Waals surface area contributed by atoms with Gasteiger partial charge in [-0.1, -0.05) is 25.7 Å². The molecule has 1 aliphatic carbocycles. The van der Waals surface area contributed by atoms with Gasteiger partial charge in [-0.25, -0.2) is 4.98 Å². The van der Waals surface area contributed by atoms with Crippen molar-refractivity contribution < 1.29 is 5.11 Å². The molecule has 1 aromatic heterocycles. The van der Waals surface area contributed by atoms with Crippen molar-refractivity contribution in [2.45, 2.75) is 44.6 Å². The minimum absolute atomic E-state index is 0.621. The first-order chi connectivity index (χ1) is 8.19. The molecule has 1 heterocycles. The van der Waals surface area contributed by atoms with Crippen molar-refractivity contribution in [2.24, 2.45) is 12.5 Å². The molecule has 0 radical (unpaired) electrons. The van der Waals surface area contributed by atoms with Gasteiger partial charge in [0.05, 0.1) is 29.7 Å². The average molecular weight is 233 g/mol. The number of aromatic nitrogens is 2. The van der Waals surface area contributed by atoms with Crippen molar-refractivity contribution >= 4 is 0 Å². The molecular formula is C13H19N3O. The monoisotopic (exact) mass is 233 g/mol. The fourth-order valence-electron chi connectivity index (χ4n) is 2.72. The number of hydrogen-bond acceptors (Lipinski definition) is 3. The zero-order valence-corrected chi connectivity index (χ0v) is 10.3. The van der Waals surface area contributed by atoms with E-state index in [1.165, 1.54) is 12.8 Å². The Bertz CT molecular complexity index is 411. The van der Waals surface area contributed by atoms with E-state index in [0.29, 0.717) is 0 Å².